The van der Waals surface area contributed by atoms with Gasteiger partial charge in [-0.3, -0.25) is 0 Å². The molecule has 100 valence electrons. The second-order valence-corrected chi connectivity index (χ2v) is 4.04. The maximum atomic E-state index is 5.63. The smallest absolute Gasteiger partial charge is 0.122 e. The Kier molecular flexibility index (Phi) is 5.11. The van der Waals surface area contributed by atoms with E-state index in [0.29, 0.717) is 13.2 Å². The van der Waals surface area contributed by atoms with E-state index in [-0.39, 0.29) is 0 Å². The molecule has 0 heterocycles. The summed E-state index contributed by atoms with van der Waals surface area (Å²) in [7, 11) is 1.65. The third kappa shape index (κ3) is 4.54. The molecule has 0 amide bonds. The summed E-state index contributed by atoms with van der Waals surface area (Å²) in [6.07, 6.45) is 0.839. The van der Waals surface area contributed by atoms with Crippen LogP contribution in [0, 0.1) is 0 Å². The average molecular weight is 258 g/mol. The highest BCUT2D eigenvalue weighted by atomic mass is 16.5. The molecule has 0 N–H and O–H groups in total. The number of hydrogen-bond acceptors (Lipinski definition) is 3. The van der Waals surface area contributed by atoms with E-state index in [0.717, 1.165) is 23.7 Å². The second-order valence-electron chi connectivity index (χ2n) is 4.04. The second kappa shape index (κ2) is 7.31. The van der Waals surface area contributed by atoms with Crippen LogP contribution in [-0.4, -0.2) is 20.3 Å². The minimum Gasteiger partial charge on any atom is -0.497 e. The van der Waals surface area contributed by atoms with Gasteiger partial charge in [0.15, 0.2) is 0 Å². The molecule has 0 spiro atoms. The van der Waals surface area contributed by atoms with Crippen molar-refractivity contribution in [1.82, 2.24) is 0 Å². The van der Waals surface area contributed by atoms with E-state index in [1.54, 1.807) is 7.11 Å². The zero-order valence-corrected chi connectivity index (χ0v) is 11.0. The molecule has 2 aromatic carbocycles. The summed E-state index contributed by atoms with van der Waals surface area (Å²) in [5.74, 6) is 2.51. The Hall–Kier alpha value is -2.16. The topological polar surface area (TPSA) is 27.7 Å². The molecular formula is C16H18O3. The molecule has 0 aliphatic carbocycles. The summed E-state index contributed by atoms with van der Waals surface area (Å²) < 4.78 is 16.3. The van der Waals surface area contributed by atoms with Crippen molar-refractivity contribution in [1.29, 1.82) is 0 Å². The molecule has 0 unspecified atom stereocenters. The van der Waals surface area contributed by atoms with E-state index in [2.05, 4.69) is 0 Å². The zero-order chi connectivity index (χ0) is 13.3. The number of methoxy groups -OCH3 is 1. The van der Waals surface area contributed by atoms with Crippen LogP contribution >= 0.6 is 0 Å². The monoisotopic (exact) mass is 258 g/mol. The van der Waals surface area contributed by atoms with Crippen LogP contribution in [0.4, 0.5) is 0 Å². The van der Waals surface area contributed by atoms with Crippen molar-refractivity contribution in [2.24, 2.45) is 0 Å². The van der Waals surface area contributed by atoms with Crippen molar-refractivity contribution in [3.05, 3.63) is 54.6 Å². The molecule has 3 nitrogen and oxygen atoms in total. The molecule has 2 aromatic rings. The fourth-order valence-corrected chi connectivity index (χ4v) is 1.65. The van der Waals surface area contributed by atoms with Crippen molar-refractivity contribution in [2.75, 3.05) is 20.3 Å². The number of rotatable bonds is 7. The van der Waals surface area contributed by atoms with Gasteiger partial charge in [-0.25, -0.2) is 0 Å². The molecule has 19 heavy (non-hydrogen) atoms. The van der Waals surface area contributed by atoms with Gasteiger partial charge in [-0.05, 0) is 24.3 Å². The van der Waals surface area contributed by atoms with Gasteiger partial charge in [0.2, 0.25) is 0 Å². The first-order valence-electron chi connectivity index (χ1n) is 6.33. The normalized spacial score (nSPS) is 9.95. The fourth-order valence-electron chi connectivity index (χ4n) is 1.65. The Morgan fingerprint density at radius 3 is 2.11 bits per heavy atom. The highest BCUT2D eigenvalue weighted by molar-refractivity contribution is 5.32. The van der Waals surface area contributed by atoms with Gasteiger partial charge in [-0.1, -0.05) is 24.3 Å². The first-order valence-corrected chi connectivity index (χ1v) is 6.33. The van der Waals surface area contributed by atoms with Crippen LogP contribution in [0.25, 0.3) is 0 Å². The number of ether oxygens (including phenoxy) is 3. The van der Waals surface area contributed by atoms with Crippen LogP contribution in [0.5, 0.6) is 17.2 Å². The third-order valence-corrected chi connectivity index (χ3v) is 2.61. The van der Waals surface area contributed by atoms with Crippen LogP contribution in [0.15, 0.2) is 54.6 Å². The third-order valence-electron chi connectivity index (χ3n) is 2.61. The zero-order valence-electron chi connectivity index (χ0n) is 11.0. The quantitative estimate of drug-likeness (QED) is 0.711. The predicted octanol–water partition coefficient (Wildman–Crippen LogP) is 3.54. The minimum atomic E-state index is 0.625. The van der Waals surface area contributed by atoms with Gasteiger partial charge >= 0.3 is 0 Å². The van der Waals surface area contributed by atoms with Crippen molar-refractivity contribution >= 4 is 0 Å². The minimum absolute atomic E-state index is 0.625. The Bertz CT molecular complexity index is 482. The Labute approximate surface area is 113 Å². The SMILES string of the molecule is COc1cccc(OCCCOc2ccccc2)c1. The van der Waals surface area contributed by atoms with Crippen LogP contribution in [0.2, 0.25) is 0 Å². The van der Waals surface area contributed by atoms with Crippen LogP contribution in [0.3, 0.4) is 0 Å². The lowest BCUT2D eigenvalue weighted by atomic mass is 10.3. The Morgan fingerprint density at radius 2 is 1.37 bits per heavy atom. The van der Waals surface area contributed by atoms with E-state index in [1.807, 2.05) is 54.6 Å². The van der Waals surface area contributed by atoms with Gasteiger partial charge in [0, 0.05) is 12.5 Å². The largest absolute Gasteiger partial charge is 0.497 e. The molecule has 0 aromatic heterocycles. The lowest BCUT2D eigenvalue weighted by Crippen LogP contribution is -2.04. The Morgan fingerprint density at radius 1 is 0.737 bits per heavy atom. The van der Waals surface area contributed by atoms with Gasteiger partial charge in [0.25, 0.3) is 0 Å². The van der Waals surface area contributed by atoms with Gasteiger partial charge in [-0.15, -0.1) is 0 Å². The average Bonchev–Trinajstić information content (AvgIpc) is 2.48. The van der Waals surface area contributed by atoms with E-state index in [1.165, 1.54) is 0 Å². The summed E-state index contributed by atoms with van der Waals surface area (Å²) in [6.45, 7) is 1.27. The van der Waals surface area contributed by atoms with E-state index < -0.39 is 0 Å². The predicted molar refractivity (Wildman–Crippen MR) is 75.0 cm³/mol. The van der Waals surface area contributed by atoms with Crippen molar-refractivity contribution in [2.45, 2.75) is 6.42 Å². The highest BCUT2D eigenvalue weighted by Gasteiger charge is 1.97. The van der Waals surface area contributed by atoms with Crippen LogP contribution < -0.4 is 14.2 Å². The maximum absolute atomic E-state index is 5.63. The summed E-state index contributed by atoms with van der Waals surface area (Å²) in [5.41, 5.74) is 0. The lowest BCUT2D eigenvalue weighted by Gasteiger charge is -2.08. The molecule has 3 heteroatoms. The first-order chi connectivity index (χ1) is 9.38. The Balaban J connectivity index is 1.66. The van der Waals surface area contributed by atoms with Crippen LogP contribution in [-0.2, 0) is 0 Å². The molecule has 0 saturated heterocycles. The van der Waals surface area contributed by atoms with E-state index in [4.69, 9.17) is 14.2 Å². The standard InChI is InChI=1S/C16H18O3/c1-17-15-9-5-10-16(13-15)19-12-6-11-18-14-7-3-2-4-8-14/h2-5,7-10,13H,6,11-12H2,1H3. The molecule has 0 aliphatic heterocycles. The first kappa shape index (κ1) is 13.3. The molecule has 0 atom stereocenters. The fraction of sp³-hybridized carbons (Fsp3) is 0.250. The van der Waals surface area contributed by atoms with E-state index in [9.17, 15) is 0 Å². The van der Waals surface area contributed by atoms with Gasteiger partial charge in [0.1, 0.15) is 17.2 Å². The molecular weight excluding hydrogens is 240 g/mol. The number of benzene rings is 2. The van der Waals surface area contributed by atoms with Gasteiger partial charge in [0.05, 0.1) is 20.3 Å². The molecule has 2 rings (SSSR count). The van der Waals surface area contributed by atoms with Crippen LogP contribution in [0.1, 0.15) is 6.42 Å². The molecule has 0 fully saturated rings. The maximum Gasteiger partial charge on any atom is 0.122 e. The highest BCUT2D eigenvalue weighted by Crippen LogP contribution is 2.18. The van der Waals surface area contributed by atoms with E-state index >= 15 is 0 Å². The molecule has 0 aliphatic rings. The van der Waals surface area contributed by atoms with Gasteiger partial charge < -0.3 is 14.2 Å². The summed E-state index contributed by atoms with van der Waals surface area (Å²) >= 11 is 0. The van der Waals surface area contributed by atoms with Crippen molar-refractivity contribution in [3.8, 4) is 17.2 Å². The van der Waals surface area contributed by atoms with Crippen molar-refractivity contribution in [3.63, 3.8) is 0 Å². The molecule has 0 bridgehead atoms. The lowest BCUT2D eigenvalue weighted by molar-refractivity contribution is 0.247. The number of para-hydroxylation sites is 1. The summed E-state index contributed by atoms with van der Waals surface area (Å²) in [6, 6.07) is 17.4. The van der Waals surface area contributed by atoms with Crippen molar-refractivity contribution < 1.29 is 14.2 Å². The van der Waals surface area contributed by atoms with Gasteiger partial charge in [-0.2, -0.15) is 0 Å². The number of hydrogen-bond donors (Lipinski definition) is 0. The molecule has 0 saturated carbocycles. The summed E-state index contributed by atoms with van der Waals surface area (Å²) in [5, 5.41) is 0. The molecule has 0 radical (unpaired) electrons. The summed E-state index contributed by atoms with van der Waals surface area (Å²) in [4.78, 5) is 0.